The van der Waals surface area contributed by atoms with Gasteiger partial charge in [0.05, 0.1) is 7.11 Å². The first kappa shape index (κ1) is 17.5. The van der Waals surface area contributed by atoms with Crippen molar-refractivity contribution in [2.45, 2.75) is 32.2 Å². The zero-order valence-electron chi connectivity index (χ0n) is 13.1. The summed E-state index contributed by atoms with van der Waals surface area (Å²) in [4.78, 5) is 2.24. The lowest BCUT2D eigenvalue weighted by Gasteiger charge is -2.21. The van der Waals surface area contributed by atoms with E-state index in [2.05, 4.69) is 59.3 Å². The summed E-state index contributed by atoms with van der Waals surface area (Å²) in [6, 6.07) is 6.68. The average Bonchev–Trinajstić information content (AvgIpc) is 2.43. The summed E-state index contributed by atoms with van der Waals surface area (Å²) < 4.78 is 6.48. The standard InChI is InChI=1S/C16H27BrN2O/c1-5-9-18-14(8-10-19(2)3)11-13-12-15(20-4)6-7-16(13)17/h6-7,12,14,18H,5,8-11H2,1-4H3. The van der Waals surface area contributed by atoms with Crippen LogP contribution in [-0.2, 0) is 6.42 Å². The minimum atomic E-state index is 0.501. The first-order valence-corrected chi connectivity index (χ1v) is 8.06. The van der Waals surface area contributed by atoms with Gasteiger partial charge in [-0.05, 0) is 70.2 Å². The molecule has 0 aromatic heterocycles. The maximum Gasteiger partial charge on any atom is 0.119 e. The third-order valence-electron chi connectivity index (χ3n) is 3.33. The molecule has 1 N–H and O–H groups in total. The summed E-state index contributed by atoms with van der Waals surface area (Å²) in [6.07, 6.45) is 3.33. The molecule has 0 aliphatic carbocycles. The van der Waals surface area contributed by atoms with Crippen LogP contribution in [0.1, 0.15) is 25.3 Å². The molecule has 0 radical (unpaired) electrons. The van der Waals surface area contributed by atoms with Crippen molar-refractivity contribution in [2.24, 2.45) is 0 Å². The van der Waals surface area contributed by atoms with E-state index < -0.39 is 0 Å². The lowest BCUT2D eigenvalue weighted by molar-refractivity contribution is 0.355. The number of ether oxygens (including phenoxy) is 1. The van der Waals surface area contributed by atoms with Gasteiger partial charge in [-0.15, -0.1) is 0 Å². The van der Waals surface area contributed by atoms with Crippen LogP contribution in [0, 0.1) is 0 Å². The van der Waals surface area contributed by atoms with Gasteiger partial charge in [0.25, 0.3) is 0 Å². The van der Waals surface area contributed by atoms with E-state index in [1.54, 1.807) is 7.11 Å². The molecule has 114 valence electrons. The summed E-state index contributed by atoms with van der Waals surface area (Å²) in [5.41, 5.74) is 1.30. The topological polar surface area (TPSA) is 24.5 Å². The molecular weight excluding hydrogens is 316 g/mol. The van der Waals surface area contributed by atoms with Crippen molar-refractivity contribution in [1.82, 2.24) is 10.2 Å². The van der Waals surface area contributed by atoms with Crippen molar-refractivity contribution in [2.75, 3.05) is 34.3 Å². The van der Waals surface area contributed by atoms with Crippen LogP contribution < -0.4 is 10.1 Å². The number of nitrogens with one attached hydrogen (secondary N) is 1. The van der Waals surface area contributed by atoms with Crippen molar-refractivity contribution in [1.29, 1.82) is 0 Å². The fourth-order valence-electron chi connectivity index (χ4n) is 2.14. The van der Waals surface area contributed by atoms with E-state index in [0.29, 0.717) is 6.04 Å². The second-order valence-electron chi connectivity index (χ2n) is 5.40. The highest BCUT2D eigenvalue weighted by molar-refractivity contribution is 9.10. The van der Waals surface area contributed by atoms with Crippen LogP contribution in [0.25, 0.3) is 0 Å². The molecule has 0 saturated heterocycles. The molecule has 1 unspecified atom stereocenters. The summed E-state index contributed by atoms with van der Waals surface area (Å²) in [5.74, 6) is 0.921. The maximum atomic E-state index is 5.32. The highest BCUT2D eigenvalue weighted by Crippen LogP contribution is 2.24. The van der Waals surface area contributed by atoms with Crippen LogP contribution in [-0.4, -0.2) is 45.2 Å². The Balaban J connectivity index is 2.71. The van der Waals surface area contributed by atoms with Crippen LogP contribution in [0.4, 0.5) is 0 Å². The Morgan fingerprint density at radius 3 is 2.70 bits per heavy atom. The van der Waals surface area contributed by atoms with E-state index in [1.807, 2.05) is 6.07 Å². The third-order valence-corrected chi connectivity index (χ3v) is 4.10. The number of hydrogen-bond donors (Lipinski definition) is 1. The molecule has 0 amide bonds. The summed E-state index contributed by atoms with van der Waals surface area (Å²) in [6.45, 7) is 4.38. The number of hydrogen-bond acceptors (Lipinski definition) is 3. The molecule has 0 bridgehead atoms. The van der Waals surface area contributed by atoms with Gasteiger partial charge in [0.15, 0.2) is 0 Å². The molecule has 4 heteroatoms. The highest BCUT2D eigenvalue weighted by Gasteiger charge is 2.12. The zero-order chi connectivity index (χ0) is 15.0. The molecule has 0 aliphatic heterocycles. The van der Waals surface area contributed by atoms with Gasteiger partial charge >= 0.3 is 0 Å². The van der Waals surface area contributed by atoms with Gasteiger partial charge < -0.3 is 15.0 Å². The monoisotopic (exact) mass is 342 g/mol. The lowest BCUT2D eigenvalue weighted by atomic mass is 10.0. The molecule has 0 heterocycles. The summed E-state index contributed by atoms with van der Waals surface area (Å²) in [5, 5.41) is 3.65. The zero-order valence-corrected chi connectivity index (χ0v) is 14.7. The smallest absolute Gasteiger partial charge is 0.119 e. The molecule has 1 aromatic rings. The predicted octanol–water partition coefficient (Wildman–Crippen LogP) is 3.32. The molecule has 3 nitrogen and oxygen atoms in total. The highest BCUT2D eigenvalue weighted by atomic mass is 79.9. The number of halogens is 1. The normalized spacial score (nSPS) is 12.7. The minimum absolute atomic E-state index is 0.501. The van der Waals surface area contributed by atoms with E-state index >= 15 is 0 Å². The second kappa shape index (κ2) is 9.37. The molecule has 1 rings (SSSR count). The van der Waals surface area contributed by atoms with Gasteiger partial charge in [-0.2, -0.15) is 0 Å². The Morgan fingerprint density at radius 2 is 2.10 bits per heavy atom. The quantitative estimate of drug-likeness (QED) is 0.744. The Bertz CT molecular complexity index is 396. The van der Waals surface area contributed by atoms with Crippen molar-refractivity contribution in [3.63, 3.8) is 0 Å². The maximum absolute atomic E-state index is 5.32. The number of rotatable bonds is 9. The molecule has 20 heavy (non-hydrogen) atoms. The Morgan fingerprint density at radius 1 is 1.35 bits per heavy atom. The molecule has 1 atom stereocenters. The number of benzene rings is 1. The second-order valence-corrected chi connectivity index (χ2v) is 6.26. The van der Waals surface area contributed by atoms with Gasteiger partial charge in [0.2, 0.25) is 0 Å². The van der Waals surface area contributed by atoms with Gasteiger partial charge in [-0.3, -0.25) is 0 Å². The van der Waals surface area contributed by atoms with Gasteiger partial charge in [0.1, 0.15) is 5.75 Å². The summed E-state index contributed by atoms with van der Waals surface area (Å²) in [7, 11) is 5.96. The van der Waals surface area contributed by atoms with Crippen molar-refractivity contribution < 1.29 is 4.74 Å². The van der Waals surface area contributed by atoms with Gasteiger partial charge in [-0.1, -0.05) is 22.9 Å². The fourth-order valence-corrected chi connectivity index (χ4v) is 2.55. The number of methoxy groups -OCH3 is 1. The third kappa shape index (κ3) is 6.25. The molecular formula is C16H27BrN2O. The predicted molar refractivity (Wildman–Crippen MR) is 89.7 cm³/mol. The molecule has 0 saturated carbocycles. The van der Waals surface area contributed by atoms with Crippen LogP contribution in [0.2, 0.25) is 0 Å². The van der Waals surface area contributed by atoms with E-state index in [9.17, 15) is 0 Å². The fraction of sp³-hybridized carbons (Fsp3) is 0.625. The van der Waals surface area contributed by atoms with Crippen LogP contribution in [0.3, 0.4) is 0 Å². The van der Waals surface area contributed by atoms with Gasteiger partial charge in [0, 0.05) is 10.5 Å². The summed E-state index contributed by atoms with van der Waals surface area (Å²) >= 11 is 3.64. The Labute approximate surface area is 131 Å². The number of nitrogens with zero attached hydrogens (tertiary/aromatic N) is 1. The minimum Gasteiger partial charge on any atom is -0.497 e. The average molecular weight is 343 g/mol. The van der Waals surface area contributed by atoms with Crippen LogP contribution >= 0.6 is 15.9 Å². The molecule has 1 aromatic carbocycles. The molecule has 0 spiro atoms. The Kier molecular flexibility index (Phi) is 8.19. The lowest BCUT2D eigenvalue weighted by Crippen LogP contribution is -2.34. The molecule has 0 aliphatic rings. The van der Waals surface area contributed by atoms with Crippen LogP contribution in [0.15, 0.2) is 22.7 Å². The molecule has 0 fully saturated rings. The van der Waals surface area contributed by atoms with E-state index in [4.69, 9.17) is 4.74 Å². The van der Waals surface area contributed by atoms with Gasteiger partial charge in [-0.25, -0.2) is 0 Å². The SMILES string of the molecule is CCCNC(CCN(C)C)Cc1cc(OC)ccc1Br. The first-order valence-electron chi connectivity index (χ1n) is 7.27. The van der Waals surface area contributed by atoms with E-state index in [0.717, 1.165) is 42.6 Å². The van der Waals surface area contributed by atoms with E-state index in [1.165, 1.54) is 5.56 Å². The van der Waals surface area contributed by atoms with Crippen molar-refractivity contribution >= 4 is 15.9 Å². The Hall–Kier alpha value is -0.580. The largest absolute Gasteiger partial charge is 0.497 e. The van der Waals surface area contributed by atoms with Crippen molar-refractivity contribution in [3.05, 3.63) is 28.2 Å². The van der Waals surface area contributed by atoms with E-state index in [-0.39, 0.29) is 0 Å². The van der Waals surface area contributed by atoms with Crippen molar-refractivity contribution in [3.8, 4) is 5.75 Å². The first-order chi connectivity index (χ1) is 9.56. The van der Waals surface area contributed by atoms with Crippen LogP contribution in [0.5, 0.6) is 5.75 Å².